The molecule has 7 heteroatoms. The summed E-state index contributed by atoms with van der Waals surface area (Å²) in [6, 6.07) is 3.79. The van der Waals surface area contributed by atoms with Crippen molar-refractivity contribution in [1.29, 1.82) is 0 Å². The van der Waals surface area contributed by atoms with E-state index in [1.165, 1.54) is 19.1 Å². The van der Waals surface area contributed by atoms with Gasteiger partial charge in [-0.3, -0.25) is 0 Å². The van der Waals surface area contributed by atoms with Gasteiger partial charge in [-0.15, -0.1) is 0 Å². The number of ether oxygens (including phenoxy) is 2. The number of carboxylic acid groups (broad SMARTS) is 1. The van der Waals surface area contributed by atoms with Gasteiger partial charge in [-0.1, -0.05) is 0 Å². The van der Waals surface area contributed by atoms with Crippen LogP contribution in [0.15, 0.2) is 18.2 Å². The number of urea groups is 1. The maximum absolute atomic E-state index is 12.2. The molecule has 0 aliphatic carbocycles. The highest BCUT2D eigenvalue weighted by molar-refractivity contribution is 5.93. The van der Waals surface area contributed by atoms with Gasteiger partial charge in [0.15, 0.2) is 11.5 Å². The number of carbonyl (C=O) groups is 2. The third-order valence-corrected chi connectivity index (χ3v) is 3.43. The second-order valence-corrected chi connectivity index (χ2v) is 4.69. The van der Waals surface area contributed by atoms with E-state index in [4.69, 9.17) is 14.6 Å². The summed E-state index contributed by atoms with van der Waals surface area (Å²) in [5.74, 6) is 0.0709. The van der Waals surface area contributed by atoms with E-state index in [0.29, 0.717) is 36.6 Å². The summed E-state index contributed by atoms with van der Waals surface area (Å²) in [4.78, 5) is 24.6. The molecule has 1 saturated heterocycles. The summed E-state index contributed by atoms with van der Waals surface area (Å²) in [5.41, 5.74) is 0.522. The van der Waals surface area contributed by atoms with Crippen LogP contribution in [0.4, 0.5) is 10.5 Å². The molecule has 1 atom stereocenters. The Balaban J connectivity index is 2.11. The van der Waals surface area contributed by atoms with Crippen molar-refractivity contribution < 1.29 is 24.2 Å². The highest BCUT2D eigenvalue weighted by Crippen LogP contribution is 2.30. The average molecular weight is 294 g/mol. The van der Waals surface area contributed by atoms with E-state index in [1.54, 1.807) is 18.2 Å². The van der Waals surface area contributed by atoms with Gasteiger partial charge in [-0.2, -0.15) is 0 Å². The summed E-state index contributed by atoms with van der Waals surface area (Å²) in [5, 5.41) is 11.8. The standard InChI is InChI=1S/C14H18N2O5/c1-20-11-6-5-9(8-12(11)21-2)15-14(19)16-7-3-4-10(16)13(17)18/h5-6,8,10H,3-4,7H2,1-2H3,(H,15,19)(H,17,18)/t10-/m0/s1. The Morgan fingerprint density at radius 1 is 1.29 bits per heavy atom. The topological polar surface area (TPSA) is 88.1 Å². The molecule has 0 saturated carbocycles. The molecule has 2 amide bonds. The number of amides is 2. The van der Waals surface area contributed by atoms with Crippen LogP contribution in [0.25, 0.3) is 0 Å². The Kier molecular flexibility index (Phi) is 4.52. The van der Waals surface area contributed by atoms with Gasteiger partial charge in [0.25, 0.3) is 0 Å². The number of aliphatic carboxylic acids is 1. The summed E-state index contributed by atoms with van der Waals surface area (Å²) in [6.07, 6.45) is 1.17. The van der Waals surface area contributed by atoms with E-state index < -0.39 is 18.0 Å². The van der Waals surface area contributed by atoms with E-state index in [-0.39, 0.29) is 0 Å². The molecule has 1 aliphatic rings. The zero-order chi connectivity index (χ0) is 15.4. The molecule has 1 aromatic carbocycles. The van der Waals surface area contributed by atoms with Crippen LogP contribution >= 0.6 is 0 Å². The van der Waals surface area contributed by atoms with Crippen molar-refractivity contribution in [2.75, 3.05) is 26.1 Å². The van der Waals surface area contributed by atoms with E-state index in [0.717, 1.165) is 0 Å². The fourth-order valence-electron chi connectivity index (χ4n) is 2.38. The molecule has 2 N–H and O–H groups in total. The molecule has 0 radical (unpaired) electrons. The maximum Gasteiger partial charge on any atom is 0.326 e. The smallest absolute Gasteiger partial charge is 0.326 e. The number of benzene rings is 1. The van der Waals surface area contributed by atoms with Crippen LogP contribution in [0.1, 0.15) is 12.8 Å². The first-order valence-corrected chi connectivity index (χ1v) is 6.59. The molecule has 21 heavy (non-hydrogen) atoms. The number of hydrogen-bond acceptors (Lipinski definition) is 4. The van der Waals surface area contributed by atoms with E-state index in [2.05, 4.69) is 5.32 Å². The fraction of sp³-hybridized carbons (Fsp3) is 0.429. The minimum absolute atomic E-state index is 0.424. The number of nitrogens with zero attached hydrogens (tertiary/aromatic N) is 1. The van der Waals surface area contributed by atoms with Crippen molar-refractivity contribution in [1.82, 2.24) is 4.90 Å². The number of carboxylic acids is 1. The molecule has 0 unspecified atom stereocenters. The van der Waals surface area contributed by atoms with E-state index in [9.17, 15) is 9.59 Å². The second-order valence-electron chi connectivity index (χ2n) is 4.69. The summed E-state index contributed by atoms with van der Waals surface area (Å²) < 4.78 is 10.3. The first kappa shape index (κ1) is 15.0. The summed E-state index contributed by atoms with van der Waals surface area (Å²) >= 11 is 0. The Morgan fingerprint density at radius 3 is 2.62 bits per heavy atom. The predicted octanol–water partition coefficient (Wildman–Crippen LogP) is 1.78. The van der Waals surface area contributed by atoms with Crippen molar-refractivity contribution in [2.24, 2.45) is 0 Å². The van der Waals surface area contributed by atoms with Gasteiger partial charge in [0.2, 0.25) is 0 Å². The number of rotatable bonds is 4. The molecular weight excluding hydrogens is 276 g/mol. The zero-order valence-corrected chi connectivity index (χ0v) is 12.0. The Hall–Kier alpha value is -2.44. The number of likely N-dealkylation sites (tertiary alicyclic amines) is 1. The van der Waals surface area contributed by atoms with Crippen LogP contribution in [-0.4, -0.2) is 48.8 Å². The minimum atomic E-state index is -0.977. The van der Waals surface area contributed by atoms with Crippen LogP contribution in [0.5, 0.6) is 11.5 Å². The molecule has 1 aromatic rings. The highest BCUT2D eigenvalue weighted by Gasteiger charge is 2.34. The molecule has 1 fully saturated rings. The molecule has 0 bridgehead atoms. The molecular formula is C14H18N2O5. The van der Waals surface area contributed by atoms with E-state index >= 15 is 0 Å². The lowest BCUT2D eigenvalue weighted by Gasteiger charge is -2.22. The van der Waals surface area contributed by atoms with Gasteiger partial charge >= 0.3 is 12.0 Å². The molecule has 1 heterocycles. The maximum atomic E-state index is 12.2. The number of nitrogens with one attached hydrogen (secondary N) is 1. The molecule has 2 rings (SSSR count). The SMILES string of the molecule is COc1ccc(NC(=O)N2CCC[C@H]2C(=O)O)cc1OC. The summed E-state index contributed by atoms with van der Waals surface area (Å²) in [7, 11) is 3.03. The number of methoxy groups -OCH3 is 2. The zero-order valence-electron chi connectivity index (χ0n) is 12.0. The van der Waals surface area contributed by atoms with Crippen molar-refractivity contribution in [3.05, 3.63) is 18.2 Å². The first-order valence-electron chi connectivity index (χ1n) is 6.59. The van der Waals surface area contributed by atoms with Gasteiger partial charge in [-0.25, -0.2) is 9.59 Å². The van der Waals surface area contributed by atoms with Gasteiger partial charge in [0.1, 0.15) is 6.04 Å². The van der Waals surface area contributed by atoms with Crippen molar-refractivity contribution >= 4 is 17.7 Å². The average Bonchev–Trinajstić information content (AvgIpc) is 2.96. The lowest BCUT2D eigenvalue weighted by molar-refractivity contribution is -0.141. The largest absolute Gasteiger partial charge is 0.493 e. The van der Waals surface area contributed by atoms with Crippen molar-refractivity contribution in [3.63, 3.8) is 0 Å². The van der Waals surface area contributed by atoms with Gasteiger partial charge < -0.3 is 24.8 Å². The molecule has 114 valence electrons. The first-order chi connectivity index (χ1) is 10.1. The Labute approximate surface area is 122 Å². The molecule has 7 nitrogen and oxygen atoms in total. The van der Waals surface area contributed by atoms with Crippen LogP contribution in [0.2, 0.25) is 0 Å². The lowest BCUT2D eigenvalue weighted by Crippen LogP contribution is -2.42. The lowest BCUT2D eigenvalue weighted by atomic mass is 10.2. The highest BCUT2D eigenvalue weighted by atomic mass is 16.5. The quantitative estimate of drug-likeness (QED) is 0.883. The van der Waals surface area contributed by atoms with Crippen LogP contribution in [-0.2, 0) is 4.79 Å². The van der Waals surface area contributed by atoms with Gasteiger partial charge in [0, 0.05) is 18.3 Å². The third-order valence-electron chi connectivity index (χ3n) is 3.43. The van der Waals surface area contributed by atoms with Crippen LogP contribution in [0.3, 0.4) is 0 Å². The van der Waals surface area contributed by atoms with Gasteiger partial charge in [0.05, 0.1) is 14.2 Å². The monoisotopic (exact) mass is 294 g/mol. The van der Waals surface area contributed by atoms with Crippen LogP contribution in [0, 0.1) is 0 Å². The summed E-state index contributed by atoms with van der Waals surface area (Å²) in [6.45, 7) is 0.441. The Morgan fingerprint density at radius 2 is 2.00 bits per heavy atom. The second kappa shape index (κ2) is 6.34. The molecule has 0 aromatic heterocycles. The number of anilines is 1. The minimum Gasteiger partial charge on any atom is -0.493 e. The van der Waals surface area contributed by atoms with Crippen LogP contribution < -0.4 is 14.8 Å². The predicted molar refractivity (Wildman–Crippen MR) is 75.9 cm³/mol. The fourth-order valence-corrected chi connectivity index (χ4v) is 2.38. The normalized spacial score (nSPS) is 17.4. The number of hydrogen-bond donors (Lipinski definition) is 2. The van der Waals surface area contributed by atoms with Crippen molar-refractivity contribution in [2.45, 2.75) is 18.9 Å². The van der Waals surface area contributed by atoms with Gasteiger partial charge in [-0.05, 0) is 25.0 Å². The molecule has 0 spiro atoms. The third kappa shape index (κ3) is 3.18. The molecule has 1 aliphatic heterocycles. The van der Waals surface area contributed by atoms with Crippen molar-refractivity contribution in [3.8, 4) is 11.5 Å². The Bertz CT molecular complexity index is 546. The van der Waals surface area contributed by atoms with E-state index in [1.807, 2.05) is 0 Å². The number of carbonyl (C=O) groups excluding carboxylic acids is 1.